The molecule has 4 N–H and O–H groups in total. The molecule has 0 aromatic carbocycles. The van der Waals surface area contributed by atoms with Gasteiger partial charge in [-0.1, -0.05) is 0 Å². The summed E-state index contributed by atoms with van der Waals surface area (Å²) < 4.78 is 0. The van der Waals surface area contributed by atoms with Crippen molar-refractivity contribution in [3.8, 4) is 0 Å². The summed E-state index contributed by atoms with van der Waals surface area (Å²) >= 11 is 0. The van der Waals surface area contributed by atoms with Crippen molar-refractivity contribution in [2.45, 2.75) is 6.92 Å². The van der Waals surface area contributed by atoms with Crippen LogP contribution in [0.2, 0.25) is 0 Å². The first-order chi connectivity index (χ1) is 4.91. The van der Waals surface area contributed by atoms with Gasteiger partial charge in [0.1, 0.15) is 0 Å². The number of carboxylic acid groups (broad SMARTS) is 2. The van der Waals surface area contributed by atoms with E-state index in [1.165, 1.54) is 6.92 Å². The van der Waals surface area contributed by atoms with Gasteiger partial charge in [0.15, 0.2) is 5.92 Å². The van der Waals surface area contributed by atoms with Crippen molar-refractivity contribution >= 4 is 11.9 Å². The molecule has 0 spiro atoms. The molecule has 0 aliphatic heterocycles. The second kappa shape index (κ2) is 10.4. The van der Waals surface area contributed by atoms with E-state index in [9.17, 15) is 9.59 Å². The molecule has 0 heterocycles. The molecule has 0 aliphatic carbocycles. The summed E-state index contributed by atoms with van der Waals surface area (Å²) in [6, 6.07) is 0. The summed E-state index contributed by atoms with van der Waals surface area (Å²) in [5.41, 5.74) is 4.57. The van der Waals surface area contributed by atoms with Crippen LogP contribution in [0.1, 0.15) is 6.92 Å². The summed E-state index contributed by atoms with van der Waals surface area (Å²) in [7, 11) is 0. The number of hydrogen-bond acceptors (Lipinski definition) is 3. The van der Waals surface area contributed by atoms with E-state index in [1.807, 2.05) is 0 Å². The second-order valence-corrected chi connectivity index (χ2v) is 1.84. The zero-order chi connectivity index (χ0) is 9.44. The molecule has 0 aromatic rings. The van der Waals surface area contributed by atoms with E-state index in [0.717, 1.165) is 0 Å². The van der Waals surface area contributed by atoms with Crippen molar-refractivity contribution in [2.24, 2.45) is 11.7 Å². The molecule has 0 bridgehead atoms. The number of rotatable bonds is 2. The molecular formula is C6H12NO4Zn+. The molecule has 0 saturated carbocycles. The molecule has 0 amide bonds. The Balaban J connectivity index is -0.000000126. The molecule has 6 heteroatoms. The van der Waals surface area contributed by atoms with Crippen LogP contribution in [-0.2, 0) is 29.1 Å². The molecule has 5 nitrogen and oxygen atoms in total. The van der Waals surface area contributed by atoms with Crippen LogP contribution >= 0.6 is 0 Å². The number of aliphatic carboxylic acids is 2. The minimum absolute atomic E-state index is 0. The number of hydrogen-bond donors (Lipinski definition) is 3. The van der Waals surface area contributed by atoms with Crippen molar-refractivity contribution < 1.29 is 39.3 Å². The zero-order valence-corrected chi connectivity index (χ0v) is 9.95. The number of carboxylic acids is 2. The van der Waals surface area contributed by atoms with Crippen LogP contribution in [0.25, 0.3) is 0 Å². The Kier molecular flexibility index (Phi) is 15.1. The monoisotopic (exact) mass is 226 g/mol. The first-order valence-electron chi connectivity index (χ1n) is 2.89. The smallest absolute Gasteiger partial charge is 0.351 e. The molecule has 0 radical (unpaired) electrons. The van der Waals surface area contributed by atoms with Crippen LogP contribution in [0.5, 0.6) is 0 Å². The molecule has 0 aromatic heterocycles. The molecule has 0 fully saturated rings. The molecule has 12 heavy (non-hydrogen) atoms. The average molecular weight is 228 g/mol. The Morgan fingerprint density at radius 3 is 1.67 bits per heavy atom. The maximum absolute atomic E-state index is 9.64. The summed E-state index contributed by atoms with van der Waals surface area (Å²) in [5.74, 6) is -2.30. The second-order valence-electron chi connectivity index (χ2n) is 1.84. The van der Waals surface area contributed by atoms with Crippen LogP contribution < -0.4 is 5.73 Å². The summed E-state index contributed by atoms with van der Waals surface area (Å²) in [4.78, 5) is 18.9. The average Bonchev–Trinajstić information content (AvgIpc) is 1.89. The van der Waals surface area contributed by atoms with Crippen LogP contribution in [-0.4, -0.2) is 28.7 Å². The predicted octanol–water partition coefficient (Wildman–Crippen LogP) is -0.432. The van der Waals surface area contributed by atoms with E-state index in [0.29, 0.717) is 0 Å². The Hall–Kier alpha value is -0.607. The van der Waals surface area contributed by atoms with Crippen molar-refractivity contribution in [3.63, 3.8) is 0 Å². The van der Waals surface area contributed by atoms with E-state index >= 15 is 0 Å². The fourth-order valence-corrected chi connectivity index (χ4v) is 0. The van der Waals surface area contributed by atoms with Crippen LogP contribution in [0.15, 0.2) is 0 Å². The molecule has 1 atom stereocenters. The van der Waals surface area contributed by atoms with Gasteiger partial charge in [-0.15, -0.1) is 0 Å². The molecule has 1 unspecified atom stereocenters. The van der Waals surface area contributed by atoms with Gasteiger partial charge in [-0.3, -0.25) is 4.79 Å². The van der Waals surface area contributed by atoms with Gasteiger partial charge >= 0.3 is 11.9 Å². The van der Waals surface area contributed by atoms with Crippen molar-refractivity contribution in [1.29, 1.82) is 0 Å². The molecule has 0 rings (SSSR count). The standard InChI is InChI=1S/C4H6O2.C2H5NO2.Zn/c1-3(2)4(5)6;3-1-2(4)5;/h3H,1H2,2H3;1,3H2,(H,4,5);/p+1. The van der Waals surface area contributed by atoms with Crippen LogP contribution in [0.3, 0.4) is 0 Å². The van der Waals surface area contributed by atoms with Crippen LogP contribution in [0, 0.1) is 12.8 Å². The van der Waals surface area contributed by atoms with Gasteiger partial charge in [0, 0.05) is 19.5 Å². The summed E-state index contributed by atoms with van der Waals surface area (Å²) in [6.07, 6.45) is 0. The maximum Gasteiger partial charge on any atom is 0.351 e. The fraction of sp³-hybridized carbons (Fsp3) is 0.500. The largest absolute Gasteiger partial charge is 0.480 e. The van der Waals surface area contributed by atoms with E-state index in [2.05, 4.69) is 12.7 Å². The zero-order valence-electron chi connectivity index (χ0n) is 6.99. The minimum atomic E-state index is -0.968. The van der Waals surface area contributed by atoms with Crippen LogP contribution in [0.4, 0.5) is 0 Å². The van der Waals surface area contributed by atoms with Gasteiger partial charge < -0.3 is 15.9 Å². The maximum atomic E-state index is 9.64. The van der Waals surface area contributed by atoms with Gasteiger partial charge in [-0.2, -0.15) is 0 Å². The minimum Gasteiger partial charge on any atom is -0.480 e. The van der Waals surface area contributed by atoms with Crippen molar-refractivity contribution in [2.75, 3.05) is 6.54 Å². The normalized spacial score (nSPS) is 9.83. The van der Waals surface area contributed by atoms with E-state index < -0.39 is 17.9 Å². The Bertz CT molecular complexity index is 138. The molecular weight excluding hydrogens is 215 g/mol. The molecule has 66 valence electrons. The molecule has 0 saturated heterocycles. The quantitative estimate of drug-likeness (QED) is 0.439. The first kappa shape index (κ1) is 17.5. The Morgan fingerprint density at radius 2 is 1.67 bits per heavy atom. The predicted molar refractivity (Wildman–Crippen MR) is 38.8 cm³/mol. The third-order valence-corrected chi connectivity index (χ3v) is 0.596. The van der Waals surface area contributed by atoms with E-state index in [4.69, 9.17) is 10.2 Å². The van der Waals surface area contributed by atoms with Gasteiger partial charge in [-0.05, 0) is 6.92 Å². The first-order valence-corrected chi connectivity index (χ1v) is 2.89. The summed E-state index contributed by atoms with van der Waals surface area (Å²) in [6.45, 7) is 4.49. The Morgan fingerprint density at radius 1 is 1.50 bits per heavy atom. The number of nitrogens with two attached hydrogens (primary N) is 1. The SMILES string of the molecule is NCC(=O)O.[CH2+]C(C)C(=O)O.[Zn]. The van der Waals surface area contributed by atoms with Crippen molar-refractivity contribution in [1.82, 2.24) is 0 Å². The topological polar surface area (TPSA) is 101 Å². The fourth-order valence-electron chi connectivity index (χ4n) is 0. The Labute approximate surface area is 83.7 Å². The van der Waals surface area contributed by atoms with Crippen molar-refractivity contribution in [3.05, 3.63) is 6.92 Å². The number of carbonyl (C=O) groups is 2. The van der Waals surface area contributed by atoms with E-state index in [-0.39, 0.29) is 26.0 Å². The third-order valence-electron chi connectivity index (χ3n) is 0.596. The van der Waals surface area contributed by atoms with Gasteiger partial charge in [-0.25, -0.2) is 4.79 Å². The third kappa shape index (κ3) is 22.7. The van der Waals surface area contributed by atoms with Gasteiger partial charge in [0.25, 0.3) is 0 Å². The van der Waals surface area contributed by atoms with E-state index in [1.54, 1.807) is 0 Å². The molecule has 0 aliphatic rings. The van der Waals surface area contributed by atoms with Gasteiger partial charge in [0.05, 0.1) is 13.5 Å². The van der Waals surface area contributed by atoms with Gasteiger partial charge in [0.2, 0.25) is 0 Å². The summed E-state index contributed by atoms with van der Waals surface area (Å²) in [5, 5.41) is 15.5.